The molecular weight excluding hydrogens is 306 g/mol. The van der Waals surface area contributed by atoms with Crippen molar-refractivity contribution in [1.82, 2.24) is 10.2 Å². The summed E-state index contributed by atoms with van der Waals surface area (Å²) in [7, 11) is 0. The Morgan fingerprint density at radius 2 is 2.12 bits per heavy atom. The van der Waals surface area contributed by atoms with Gasteiger partial charge in [0.1, 0.15) is 0 Å². The zero-order valence-electron chi connectivity index (χ0n) is 14.8. The standard InChI is InChI=1S/C22H27N3/c1-3-23-12-6-4-5-9-20-16-25(22-10-11-22)17-21(18(20)2)14-19-8-7-13-24-15-19/h3-4,6-9,12-14,22,24H,1-2,5,10-11,15-17H2/b6-4-,20-9+,21-14+,23-12?. The van der Waals surface area contributed by atoms with Crippen LogP contribution in [0.4, 0.5) is 0 Å². The Kier molecular flexibility index (Phi) is 6.02. The molecule has 3 nitrogen and oxygen atoms in total. The topological polar surface area (TPSA) is 27.6 Å². The molecule has 0 aromatic heterocycles. The predicted molar refractivity (Wildman–Crippen MR) is 108 cm³/mol. The summed E-state index contributed by atoms with van der Waals surface area (Å²) < 4.78 is 0. The van der Waals surface area contributed by atoms with Crippen LogP contribution in [0.15, 0.2) is 89.3 Å². The van der Waals surface area contributed by atoms with Gasteiger partial charge in [0.15, 0.2) is 0 Å². The summed E-state index contributed by atoms with van der Waals surface area (Å²) in [5.74, 6) is 0. The summed E-state index contributed by atoms with van der Waals surface area (Å²) in [6.07, 6.45) is 21.8. The van der Waals surface area contributed by atoms with Crippen LogP contribution in [0.1, 0.15) is 19.3 Å². The van der Waals surface area contributed by atoms with Crippen molar-refractivity contribution in [2.45, 2.75) is 25.3 Å². The first-order chi connectivity index (χ1) is 12.3. The molecule has 2 fully saturated rings. The van der Waals surface area contributed by atoms with Crippen molar-refractivity contribution in [3.8, 4) is 0 Å². The summed E-state index contributed by atoms with van der Waals surface area (Å²) in [5, 5.41) is 3.28. The van der Waals surface area contributed by atoms with Gasteiger partial charge in [0.25, 0.3) is 0 Å². The lowest BCUT2D eigenvalue weighted by atomic mass is 9.91. The number of hydrogen-bond acceptors (Lipinski definition) is 3. The van der Waals surface area contributed by atoms with Gasteiger partial charge in [-0.25, -0.2) is 0 Å². The number of dihydropyridines is 1. The highest BCUT2D eigenvalue weighted by molar-refractivity contribution is 5.71. The number of nitrogens with one attached hydrogen (secondary N) is 1. The van der Waals surface area contributed by atoms with Crippen LogP contribution in [0.5, 0.6) is 0 Å². The second-order valence-electron chi connectivity index (χ2n) is 6.64. The first-order valence-electron chi connectivity index (χ1n) is 8.99. The number of likely N-dealkylation sites (tertiary alicyclic amines) is 1. The Morgan fingerprint density at radius 1 is 1.28 bits per heavy atom. The van der Waals surface area contributed by atoms with Gasteiger partial charge < -0.3 is 5.32 Å². The van der Waals surface area contributed by atoms with Crippen LogP contribution in [-0.2, 0) is 0 Å². The van der Waals surface area contributed by atoms with Crippen molar-refractivity contribution in [3.63, 3.8) is 0 Å². The maximum atomic E-state index is 4.39. The Bertz CT molecular complexity index is 697. The van der Waals surface area contributed by atoms with E-state index in [2.05, 4.69) is 58.7 Å². The fraction of sp³-hybridized carbons (Fsp3) is 0.318. The third-order valence-electron chi connectivity index (χ3n) is 4.69. The minimum Gasteiger partial charge on any atom is -0.387 e. The second kappa shape index (κ2) is 8.63. The molecular formula is C22H27N3. The quantitative estimate of drug-likeness (QED) is 0.742. The third kappa shape index (κ3) is 5.04. The van der Waals surface area contributed by atoms with Gasteiger partial charge in [0.2, 0.25) is 0 Å². The molecule has 1 saturated carbocycles. The van der Waals surface area contributed by atoms with Gasteiger partial charge in [0.05, 0.1) is 0 Å². The molecule has 1 saturated heterocycles. The van der Waals surface area contributed by atoms with Gasteiger partial charge in [-0.1, -0.05) is 37.5 Å². The lowest BCUT2D eigenvalue weighted by molar-refractivity contribution is 0.302. The van der Waals surface area contributed by atoms with Crippen LogP contribution in [0.3, 0.4) is 0 Å². The largest absolute Gasteiger partial charge is 0.387 e. The lowest BCUT2D eigenvalue weighted by Gasteiger charge is -2.32. The van der Waals surface area contributed by atoms with Gasteiger partial charge in [-0.15, -0.1) is 0 Å². The Balaban J connectivity index is 1.73. The van der Waals surface area contributed by atoms with Crippen molar-refractivity contribution in [1.29, 1.82) is 0 Å². The molecule has 0 unspecified atom stereocenters. The summed E-state index contributed by atoms with van der Waals surface area (Å²) in [6, 6.07) is 0.758. The molecule has 0 spiro atoms. The maximum Gasteiger partial charge on any atom is 0.0395 e. The van der Waals surface area contributed by atoms with Crippen LogP contribution in [0, 0.1) is 0 Å². The number of hydrogen-bond donors (Lipinski definition) is 1. The number of rotatable bonds is 6. The molecule has 0 radical (unpaired) electrons. The zero-order valence-corrected chi connectivity index (χ0v) is 14.8. The first-order valence-corrected chi connectivity index (χ1v) is 8.99. The minimum absolute atomic E-state index is 0.758. The van der Waals surface area contributed by atoms with Crippen molar-refractivity contribution in [2.24, 2.45) is 4.99 Å². The van der Waals surface area contributed by atoms with Crippen molar-refractivity contribution in [3.05, 3.63) is 84.3 Å². The van der Waals surface area contributed by atoms with E-state index < -0.39 is 0 Å². The molecule has 3 heteroatoms. The molecule has 0 bridgehead atoms. The fourth-order valence-corrected chi connectivity index (χ4v) is 3.17. The smallest absolute Gasteiger partial charge is 0.0395 e. The highest BCUT2D eigenvalue weighted by Gasteiger charge is 2.33. The zero-order chi connectivity index (χ0) is 17.5. The molecule has 0 atom stereocenters. The fourth-order valence-electron chi connectivity index (χ4n) is 3.17. The van der Waals surface area contributed by atoms with Crippen molar-refractivity contribution >= 4 is 6.21 Å². The molecule has 2 aliphatic heterocycles. The van der Waals surface area contributed by atoms with E-state index in [-0.39, 0.29) is 0 Å². The van der Waals surface area contributed by atoms with E-state index in [1.54, 1.807) is 12.4 Å². The molecule has 0 aromatic rings. The van der Waals surface area contributed by atoms with E-state index >= 15 is 0 Å². The van der Waals surface area contributed by atoms with E-state index in [4.69, 9.17) is 0 Å². The summed E-state index contributed by atoms with van der Waals surface area (Å²) >= 11 is 0. The van der Waals surface area contributed by atoms with Crippen LogP contribution >= 0.6 is 0 Å². The molecule has 3 rings (SSSR count). The molecule has 1 N–H and O–H groups in total. The highest BCUT2D eigenvalue weighted by Crippen LogP contribution is 2.35. The average molecular weight is 333 g/mol. The van der Waals surface area contributed by atoms with E-state index in [1.807, 2.05) is 12.3 Å². The normalized spacial score (nSPS) is 25.1. The summed E-state index contributed by atoms with van der Waals surface area (Å²) in [5.41, 5.74) is 5.22. The number of aliphatic imine (C=N–C) groups is 1. The van der Waals surface area contributed by atoms with Gasteiger partial charge in [0, 0.05) is 38.1 Å². The van der Waals surface area contributed by atoms with Gasteiger partial charge in [-0.05, 0) is 59.9 Å². The Morgan fingerprint density at radius 3 is 2.84 bits per heavy atom. The molecule has 0 aromatic carbocycles. The number of allylic oxidation sites excluding steroid dienone is 5. The van der Waals surface area contributed by atoms with Crippen molar-refractivity contribution < 1.29 is 0 Å². The number of piperidine rings is 1. The van der Waals surface area contributed by atoms with E-state index in [0.29, 0.717) is 0 Å². The average Bonchev–Trinajstić information content (AvgIpc) is 3.47. The first kappa shape index (κ1) is 17.4. The van der Waals surface area contributed by atoms with Gasteiger partial charge in [-0.2, -0.15) is 0 Å². The Hall–Kier alpha value is -2.39. The van der Waals surface area contributed by atoms with Crippen LogP contribution in [0.2, 0.25) is 0 Å². The van der Waals surface area contributed by atoms with Gasteiger partial charge in [-0.3, -0.25) is 9.89 Å². The predicted octanol–water partition coefficient (Wildman–Crippen LogP) is 4.08. The SMILES string of the molecule is C=CN=C/C=C\C/C=C1\CN(C2CC2)C/C(=C\C2=CC=CNC2)C1=C. The number of nitrogens with zero attached hydrogens (tertiary/aromatic N) is 2. The molecule has 0 amide bonds. The maximum absolute atomic E-state index is 4.39. The molecule has 130 valence electrons. The summed E-state index contributed by atoms with van der Waals surface area (Å²) in [4.78, 5) is 6.57. The third-order valence-corrected chi connectivity index (χ3v) is 4.69. The van der Waals surface area contributed by atoms with Crippen LogP contribution < -0.4 is 5.32 Å². The summed E-state index contributed by atoms with van der Waals surface area (Å²) in [6.45, 7) is 10.9. The van der Waals surface area contributed by atoms with Crippen LogP contribution in [0.25, 0.3) is 0 Å². The molecule has 1 aliphatic carbocycles. The lowest BCUT2D eigenvalue weighted by Crippen LogP contribution is -2.35. The van der Waals surface area contributed by atoms with Crippen molar-refractivity contribution in [2.75, 3.05) is 19.6 Å². The monoisotopic (exact) mass is 333 g/mol. The molecule has 25 heavy (non-hydrogen) atoms. The van der Waals surface area contributed by atoms with E-state index in [0.717, 1.165) is 32.1 Å². The Labute approximate surface area is 151 Å². The molecule has 3 aliphatic rings. The second-order valence-corrected chi connectivity index (χ2v) is 6.64. The molecule has 2 heterocycles. The minimum atomic E-state index is 0.758. The van der Waals surface area contributed by atoms with E-state index in [1.165, 1.54) is 35.1 Å². The van der Waals surface area contributed by atoms with E-state index in [9.17, 15) is 0 Å². The highest BCUT2D eigenvalue weighted by atomic mass is 15.2. The van der Waals surface area contributed by atoms with Gasteiger partial charge >= 0.3 is 0 Å². The van der Waals surface area contributed by atoms with Crippen LogP contribution in [-0.4, -0.2) is 36.8 Å².